The van der Waals surface area contributed by atoms with Gasteiger partial charge >= 0.3 is 0 Å². The van der Waals surface area contributed by atoms with E-state index in [1.54, 1.807) is 35.4 Å². The van der Waals surface area contributed by atoms with Crippen LogP contribution in [0.2, 0.25) is 0 Å². The van der Waals surface area contributed by atoms with Crippen molar-refractivity contribution in [1.82, 2.24) is 14.2 Å². The summed E-state index contributed by atoms with van der Waals surface area (Å²) in [7, 11) is -3.68. The van der Waals surface area contributed by atoms with Crippen molar-refractivity contribution in [1.29, 1.82) is 0 Å². The monoisotopic (exact) mass is 414 g/mol. The number of hydrogen-bond donors (Lipinski definition) is 0. The number of anilines is 1. The first-order valence-electron chi connectivity index (χ1n) is 10.00. The van der Waals surface area contributed by atoms with E-state index in [9.17, 15) is 13.2 Å². The Morgan fingerprint density at radius 1 is 1.00 bits per heavy atom. The molecule has 7 nitrogen and oxygen atoms in total. The summed E-state index contributed by atoms with van der Waals surface area (Å²) in [6.45, 7) is 4.85. The molecule has 2 fully saturated rings. The number of aryl methyl sites for hydroxylation is 1. The van der Waals surface area contributed by atoms with Gasteiger partial charge in [0.25, 0.3) is 0 Å². The Hall–Kier alpha value is -2.45. The van der Waals surface area contributed by atoms with E-state index in [1.807, 2.05) is 25.1 Å². The van der Waals surface area contributed by atoms with E-state index < -0.39 is 16.1 Å². The summed E-state index contributed by atoms with van der Waals surface area (Å²) in [6.07, 6.45) is 3.04. The van der Waals surface area contributed by atoms with Crippen LogP contribution in [0.4, 0.5) is 5.82 Å². The topological polar surface area (TPSA) is 73.8 Å². The molecular formula is C21H26N4O3S. The minimum Gasteiger partial charge on any atom is -0.353 e. The van der Waals surface area contributed by atoms with Crippen molar-refractivity contribution in [2.24, 2.45) is 0 Å². The van der Waals surface area contributed by atoms with Gasteiger partial charge in [-0.15, -0.1) is 0 Å². The molecule has 2 aliphatic heterocycles. The van der Waals surface area contributed by atoms with E-state index in [-0.39, 0.29) is 10.8 Å². The molecule has 0 saturated carbocycles. The molecule has 0 radical (unpaired) electrons. The Morgan fingerprint density at radius 2 is 1.72 bits per heavy atom. The van der Waals surface area contributed by atoms with Gasteiger partial charge in [0.05, 0.1) is 4.90 Å². The minimum absolute atomic E-state index is 0.0844. The second kappa shape index (κ2) is 8.12. The van der Waals surface area contributed by atoms with Crippen LogP contribution in [0.1, 0.15) is 18.4 Å². The zero-order valence-electron chi connectivity index (χ0n) is 16.6. The van der Waals surface area contributed by atoms with Crippen LogP contribution in [-0.4, -0.2) is 67.3 Å². The van der Waals surface area contributed by atoms with Gasteiger partial charge in [0, 0.05) is 38.9 Å². The molecule has 0 N–H and O–H groups in total. The number of benzene rings is 1. The number of pyridine rings is 1. The van der Waals surface area contributed by atoms with Crippen LogP contribution in [0.5, 0.6) is 0 Å². The number of piperazine rings is 1. The Balaban J connectivity index is 1.45. The van der Waals surface area contributed by atoms with Crippen LogP contribution >= 0.6 is 0 Å². The van der Waals surface area contributed by atoms with Crippen LogP contribution in [0.15, 0.2) is 53.6 Å². The third kappa shape index (κ3) is 4.00. The van der Waals surface area contributed by atoms with Gasteiger partial charge in [0.1, 0.15) is 11.9 Å². The van der Waals surface area contributed by atoms with Crippen molar-refractivity contribution in [2.45, 2.75) is 30.7 Å². The number of rotatable bonds is 4. The number of amides is 1. The number of aromatic nitrogens is 1. The highest BCUT2D eigenvalue weighted by atomic mass is 32.2. The summed E-state index contributed by atoms with van der Waals surface area (Å²) in [5.74, 6) is 0.822. The van der Waals surface area contributed by atoms with Crippen molar-refractivity contribution in [3.8, 4) is 0 Å². The molecule has 0 spiro atoms. The Morgan fingerprint density at radius 3 is 2.38 bits per heavy atom. The van der Waals surface area contributed by atoms with E-state index >= 15 is 0 Å². The Kier molecular flexibility index (Phi) is 5.56. The quantitative estimate of drug-likeness (QED) is 0.764. The van der Waals surface area contributed by atoms with Crippen LogP contribution in [-0.2, 0) is 14.8 Å². The fourth-order valence-electron chi connectivity index (χ4n) is 4.03. The number of sulfonamides is 1. The van der Waals surface area contributed by atoms with E-state index in [1.165, 1.54) is 4.31 Å². The molecule has 0 bridgehead atoms. The summed E-state index contributed by atoms with van der Waals surface area (Å²) in [5.41, 5.74) is 1.00. The molecule has 1 aromatic heterocycles. The third-order valence-corrected chi connectivity index (χ3v) is 7.60. The smallest absolute Gasteiger partial charge is 0.243 e. The van der Waals surface area contributed by atoms with Crippen molar-refractivity contribution in [3.63, 3.8) is 0 Å². The van der Waals surface area contributed by atoms with Crippen LogP contribution in [0, 0.1) is 6.92 Å². The maximum absolute atomic E-state index is 13.2. The molecule has 2 aromatic rings. The lowest BCUT2D eigenvalue weighted by Crippen LogP contribution is -2.54. The van der Waals surface area contributed by atoms with Crippen molar-refractivity contribution in [3.05, 3.63) is 54.2 Å². The molecular weight excluding hydrogens is 388 g/mol. The minimum atomic E-state index is -3.68. The lowest BCUT2D eigenvalue weighted by atomic mass is 10.2. The largest absolute Gasteiger partial charge is 0.353 e. The normalized spacial score (nSPS) is 20.8. The molecule has 154 valence electrons. The second-order valence-electron chi connectivity index (χ2n) is 7.59. The SMILES string of the molecule is Cc1ccc(S(=O)(=O)N2CCCC2C(=O)N2CCN(c3ccccn3)CC2)cc1. The third-order valence-electron chi connectivity index (χ3n) is 5.68. The van der Waals surface area contributed by atoms with Gasteiger partial charge in [0.15, 0.2) is 0 Å². The van der Waals surface area contributed by atoms with Gasteiger partial charge < -0.3 is 9.80 Å². The van der Waals surface area contributed by atoms with Gasteiger partial charge in [-0.05, 0) is 44.0 Å². The summed E-state index contributed by atoms with van der Waals surface area (Å²) >= 11 is 0. The molecule has 1 unspecified atom stereocenters. The Labute approximate surface area is 172 Å². The van der Waals surface area contributed by atoms with Gasteiger partial charge in [-0.25, -0.2) is 13.4 Å². The van der Waals surface area contributed by atoms with Gasteiger partial charge in [-0.1, -0.05) is 23.8 Å². The van der Waals surface area contributed by atoms with E-state index in [4.69, 9.17) is 0 Å². The molecule has 1 atom stereocenters. The summed E-state index contributed by atoms with van der Waals surface area (Å²) < 4.78 is 27.6. The molecule has 4 rings (SSSR count). The predicted molar refractivity (Wildman–Crippen MR) is 111 cm³/mol. The molecule has 8 heteroatoms. The first-order valence-corrected chi connectivity index (χ1v) is 11.4. The highest BCUT2D eigenvalue weighted by Gasteiger charge is 2.41. The maximum Gasteiger partial charge on any atom is 0.243 e. The zero-order chi connectivity index (χ0) is 20.4. The standard InChI is InChI=1S/C21H26N4O3S/c1-17-7-9-18(10-8-17)29(27,28)25-12-4-5-19(25)21(26)24-15-13-23(14-16-24)20-6-2-3-11-22-20/h2-3,6-11,19H,4-5,12-16H2,1H3. The fourth-order valence-corrected chi connectivity index (χ4v) is 5.68. The number of carbonyl (C=O) groups excluding carboxylic acids is 1. The summed E-state index contributed by atoms with van der Waals surface area (Å²) in [6, 6.07) is 12.0. The van der Waals surface area contributed by atoms with Crippen molar-refractivity contribution in [2.75, 3.05) is 37.6 Å². The van der Waals surface area contributed by atoms with E-state index in [2.05, 4.69) is 9.88 Å². The summed E-state index contributed by atoms with van der Waals surface area (Å²) in [5, 5.41) is 0. The van der Waals surface area contributed by atoms with Crippen LogP contribution in [0.3, 0.4) is 0 Å². The predicted octanol–water partition coefficient (Wildman–Crippen LogP) is 1.89. The zero-order valence-corrected chi connectivity index (χ0v) is 17.4. The number of nitrogens with zero attached hydrogens (tertiary/aromatic N) is 4. The summed E-state index contributed by atoms with van der Waals surface area (Å²) in [4.78, 5) is 21.7. The molecule has 1 aromatic carbocycles. The molecule has 2 aliphatic rings. The second-order valence-corrected chi connectivity index (χ2v) is 9.48. The molecule has 3 heterocycles. The van der Waals surface area contributed by atoms with Gasteiger partial charge in [0.2, 0.25) is 15.9 Å². The molecule has 1 amide bonds. The van der Waals surface area contributed by atoms with Crippen molar-refractivity contribution >= 4 is 21.7 Å². The number of hydrogen-bond acceptors (Lipinski definition) is 5. The molecule has 2 saturated heterocycles. The highest BCUT2D eigenvalue weighted by Crippen LogP contribution is 2.28. The highest BCUT2D eigenvalue weighted by molar-refractivity contribution is 7.89. The fraction of sp³-hybridized carbons (Fsp3) is 0.429. The lowest BCUT2D eigenvalue weighted by molar-refractivity contribution is -0.134. The first kappa shape index (κ1) is 19.8. The molecule has 0 aliphatic carbocycles. The van der Waals surface area contributed by atoms with Crippen molar-refractivity contribution < 1.29 is 13.2 Å². The van der Waals surface area contributed by atoms with Crippen LogP contribution < -0.4 is 4.90 Å². The average molecular weight is 415 g/mol. The first-order chi connectivity index (χ1) is 14.0. The lowest BCUT2D eigenvalue weighted by Gasteiger charge is -2.37. The van der Waals surface area contributed by atoms with Gasteiger partial charge in [-0.3, -0.25) is 4.79 Å². The van der Waals surface area contributed by atoms with E-state index in [0.717, 1.165) is 11.4 Å². The molecule has 29 heavy (non-hydrogen) atoms. The Bertz CT molecular complexity index is 955. The van der Waals surface area contributed by atoms with E-state index in [0.29, 0.717) is 45.6 Å². The maximum atomic E-state index is 13.2. The van der Waals surface area contributed by atoms with Crippen LogP contribution in [0.25, 0.3) is 0 Å². The average Bonchev–Trinajstić information content (AvgIpc) is 3.25. The number of carbonyl (C=O) groups is 1. The van der Waals surface area contributed by atoms with Gasteiger partial charge in [-0.2, -0.15) is 4.31 Å².